The van der Waals surface area contributed by atoms with Crippen molar-refractivity contribution in [3.8, 4) is 0 Å². The maximum atomic E-state index is 11.3. The third kappa shape index (κ3) is 15.2. The molecule has 1 aromatic rings. The van der Waals surface area contributed by atoms with E-state index in [0.29, 0.717) is 34.1 Å². The standard InChI is InChI=1S/C12H24N4O2S.C8H6BrClO/c1-12(2,3)18-11(17)14-8-6-7-13-10(19)15-9-16(4)5;9-5-8(11)6-3-1-2-4-7(6)10/h9H,6-8H2,1-5H3,(H,13,19)(H,14,17);1-4H,5H2. The van der Waals surface area contributed by atoms with Gasteiger partial charge in [0.05, 0.1) is 16.7 Å². The number of Topliss-reactive ketones (excluding diaryl/α,β-unsaturated/α-hetero) is 1. The van der Waals surface area contributed by atoms with Crippen LogP contribution in [0.5, 0.6) is 0 Å². The predicted molar refractivity (Wildman–Crippen MR) is 131 cm³/mol. The average Bonchev–Trinajstić information content (AvgIpc) is 2.65. The Morgan fingerprint density at radius 1 is 1.23 bits per heavy atom. The minimum Gasteiger partial charge on any atom is -0.444 e. The molecule has 0 radical (unpaired) electrons. The van der Waals surface area contributed by atoms with Crippen LogP contribution in [0.1, 0.15) is 37.6 Å². The van der Waals surface area contributed by atoms with Gasteiger partial charge in [0.1, 0.15) is 5.60 Å². The maximum Gasteiger partial charge on any atom is 0.407 e. The molecule has 10 heteroatoms. The molecule has 0 atom stereocenters. The minimum absolute atomic E-state index is 0.00981. The number of alkyl carbamates (subject to hydrolysis) is 1. The van der Waals surface area contributed by atoms with E-state index < -0.39 is 11.7 Å². The number of ether oxygens (including phenoxy) is 1. The molecular formula is C20H30BrClN4O3S. The number of rotatable bonds is 7. The third-order valence-electron chi connectivity index (χ3n) is 3.00. The molecule has 0 saturated heterocycles. The van der Waals surface area contributed by atoms with E-state index in [1.54, 1.807) is 35.5 Å². The molecule has 0 unspecified atom stereocenters. The van der Waals surface area contributed by atoms with Gasteiger partial charge in [-0.3, -0.25) is 4.79 Å². The Kier molecular flexibility index (Phi) is 14.3. The van der Waals surface area contributed by atoms with E-state index in [9.17, 15) is 9.59 Å². The lowest BCUT2D eigenvalue weighted by Gasteiger charge is -2.19. The first kappa shape index (κ1) is 28.3. The van der Waals surface area contributed by atoms with Crippen LogP contribution in [0.3, 0.4) is 0 Å². The highest BCUT2D eigenvalue weighted by Crippen LogP contribution is 2.15. The quantitative estimate of drug-likeness (QED) is 0.139. The van der Waals surface area contributed by atoms with Crippen LogP contribution < -0.4 is 10.6 Å². The number of hydrogen-bond acceptors (Lipinski definition) is 4. The van der Waals surface area contributed by atoms with E-state index in [2.05, 4.69) is 31.6 Å². The van der Waals surface area contributed by atoms with Crippen molar-refractivity contribution in [2.24, 2.45) is 4.99 Å². The summed E-state index contributed by atoms with van der Waals surface area (Å²) in [6.45, 7) is 6.67. The normalized spacial score (nSPS) is 10.6. The lowest BCUT2D eigenvalue weighted by Crippen LogP contribution is -2.34. The molecule has 30 heavy (non-hydrogen) atoms. The number of ketones is 1. The van der Waals surface area contributed by atoms with Gasteiger partial charge in [-0.15, -0.1) is 0 Å². The molecule has 0 bridgehead atoms. The molecule has 0 saturated carbocycles. The van der Waals surface area contributed by atoms with Gasteiger partial charge in [-0.1, -0.05) is 39.7 Å². The molecule has 0 aliphatic rings. The molecule has 0 aliphatic carbocycles. The highest BCUT2D eigenvalue weighted by Gasteiger charge is 2.15. The molecule has 2 N–H and O–H groups in total. The summed E-state index contributed by atoms with van der Waals surface area (Å²) in [5.41, 5.74) is 0.108. The van der Waals surface area contributed by atoms with E-state index in [0.717, 1.165) is 6.42 Å². The van der Waals surface area contributed by atoms with Crippen molar-refractivity contribution in [1.82, 2.24) is 15.5 Å². The molecule has 168 valence electrons. The summed E-state index contributed by atoms with van der Waals surface area (Å²) in [5, 5.41) is 6.91. The molecular weight excluding hydrogens is 492 g/mol. The molecule has 7 nitrogen and oxygen atoms in total. The lowest BCUT2D eigenvalue weighted by atomic mass is 10.1. The van der Waals surface area contributed by atoms with Crippen molar-refractivity contribution in [3.05, 3.63) is 34.9 Å². The number of benzene rings is 1. The molecule has 0 aromatic heterocycles. The summed E-state index contributed by atoms with van der Waals surface area (Å²) in [7, 11) is 3.74. The molecule has 1 aromatic carbocycles. The fraction of sp³-hybridized carbons (Fsp3) is 0.500. The summed E-state index contributed by atoms with van der Waals surface area (Å²) < 4.78 is 5.11. The zero-order valence-corrected chi connectivity index (χ0v) is 21.2. The Labute approximate surface area is 197 Å². The first-order valence-corrected chi connectivity index (χ1v) is 11.2. The van der Waals surface area contributed by atoms with Crippen LogP contribution in [-0.2, 0) is 4.74 Å². The highest BCUT2D eigenvalue weighted by atomic mass is 79.9. The number of hydrogen-bond donors (Lipinski definition) is 2. The Morgan fingerprint density at radius 2 is 1.83 bits per heavy atom. The lowest BCUT2D eigenvalue weighted by molar-refractivity contribution is 0.0527. The van der Waals surface area contributed by atoms with Crippen LogP contribution in [0.4, 0.5) is 4.79 Å². The van der Waals surface area contributed by atoms with Gasteiger partial charge in [-0.2, -0.15) is 0 Å². The van der Waals surface area contributed by atoms with Crippen molar-refractivity contribution < 1.29 is 14.3 Å². The fourth-order valence-electron chi connectivity index (χ4n) is 1.76. The Hall–Kier alpha value is -1.71. The summed E-state index contributed by atoms with van der Waals surface area (Å²) >= 11 is 13.8. The first-order chi connectivity index (χ1) is 14.0. The van der Waals surface area contributed by atoms with Gasteiger partial charge in [0, 0.05) is 32.7 Å². The highest BCUT2D eigenvalue weighted by molar-refractivity contribution is 9.09. The second-order valence-electron chi connectivity index (χ2n) is 7.26. The van der Waals surface area contributed by atoms with Gasteiger partial charge in [-0.25, -0.2) is 9.79 Å². The SMILES string of the molecule is CN(C)C=NC(=S)NCCCNC(=O)OC(C)(C)C.O=C(CBr)c1ccccc1Cl. The summed E-state index contributed by atoms with van der Waals surface area (Å²) in [6.07, 6.45) is 1.98. The zero-order chi connectivity index (χ0) is 23.2. The van der Waals surface area contributed by atoms with Crippen LogP contribution in [-0.4, -0.2) is 66.3 Å². The fourth-order valence-corrected chi connectivity index (χ4v) is 2.45. The summed E-state index contributed by atoms with van der Waals surface area (Å²) in [4.78, 5) is 28.2. The van der Waals surface area contributed by atoms with Crippen molar-refractivity contribution in [2.75, 3.05) is 32.5 Å². The molecule has 0 spiro atoms. The van der Waals surface area contributed by atoms with Crippen LogP contribution in [0.25, 0.3) is 0 Å². The van der Waals surface area contributed by atoms with Gasteiger partial charge >= 0.3 is 6.09 Å². The Morgan fingerprint density at radius 3 is 2.37 bits per heavy atom. The number of nitrogens with one attached hydrogen (secondary N) is 2. The summed E-state index contributed by atoms with van der Waals surface area (Å²) in [5.74, 6) is 0.00981. The van der Waals surface area contributed by atoms with Gasteiger partial charge in [-0.05, 0) is 51.5 Å². The smallest absolute Gasteiger partial charge is 0.407 e. The van der Waals surface area contributed by atoms with Gasteiger partial charge < -0.3 is 20.3 Å². The second kappa shape index (κ2) is 15.1. The number of nitrogens with zero attached hydrogens (tertiary/aromatic N) is 2. The van der Waals surface area contributed by atoms with E-state index in [1.165, 1.54) is 0 Å². The van der Waals surface area contributed by atoms with E-state index in [4.69, 9.17) is 28.6 Å². The van der Waals surface area contributed by atoms with E-state index in [-0.39, 0.29) is 5.78 Å². The van der Waals surface area contributed by atoms with Crippen LogP contribution in [0.15, 0.2) is 29.3 Å². The molecule has 0 heterocycles. The van der Waals surface area contributed by atoms with Crippen LogP contribution in [0, 0.1) is 0 Å². The average molecular weight is 522 g/mol. The van der Waals surface area contributed by atoms with Crippen LogP contribution in [0.2, 0.25) is 5.02 Å². The largest absolute Gasteiger partial charge is 0.444 e. The van der Waals surface area contributed by atoms with E-state index in [1.807, 2.05) is 34.9 Å². The maximum absolute atomic E-state index is 11.3. The Bertz CT molecular complexity index is 724. The molecule has 1 rings (SSSR count). The number of amides is 1. The van der Waals surface area contributed by atoms with Crippen molar-refractivity contribution in [3.63, 3.8) is 0 Å². The topological polar surface area (TPSA) is 83.0 Å². The number of alkyl halides is 1. The first-order valence-electron chi connectivity index (χ1n) is 9.25. The van der Waals surface area contributed by atoms with Crippen molar-refractivity contribution in [1.29, 1.82) is 0 Å². The van der Waals surface area contributed by atoms with Gasteiger partial charge in [0.15, 0.2) is 10.9 Å². The number of thiocarbonyl (C=S) groups is 1. The van der Waals surface area contributed by atoms with Gasteiger partial charge in [0.25, 0.3) is 0 Å². The van der Waals surface area contributed by atoms with Gasteiger partial charge in [0.2, 0.25) is 0 Å². The molecule has 0 aliphatic heterocycles. The second-order valence-corrected chi connectivity index (χ2v) is 8.61. The van der Waals surface area contributed by atoms with Crippen molar-refractivity contribution in [2.45, 2.75) is 32.8 Å². The predicted octanol–water partition coefficient (Wildman–Crippen LogP) is 4.28. The number of halogens is 2. The van der Waals surface area contributed by atoms with E-state index >= 15 is 0 Å². The Balaban J connectivity index is 0.000000642. The monoisotopic (exact) mass is 520 g/mol. The number of aliphatic imine (C=N–C) groups is 1. The molecule has 1 amide bonds. The molecule has 0 fully saturated rings. The summed E-state index contributed by atoms with van der Waals surface area (Å²) in [6, 6.07) is 7.01. The number of carbonyl (C=O) groups excluding carboxylic acids is 2. The number of carbonyl (C=O) groups is 2. The van der Waals surface area contributed by atoms with Crippen LogP contribution >= 0.6 is 39.7 Å². The minimum atomic E-state index is -0.467. The zero-order valence-electron chi connectivity index (χ0n) is 18.0. The van der Waals surface area contributed by atoms with Crippen molar-refractivity contribution >= 4 is 63.1 Å². The third-order valence-corrected chi connectivity index (χ3v) is 4.09.